The van der Waals surface area contributed by atoms with Crippen LogP contribution >= 0.6 is 0 Å². The van der Waals surface area contributed by atoms with E-state index >= 15 is 0 Å². The number of carboxylic acids is 2. The Bertz CT molecular complexity index is 434. The Morgan fingerprint density at radius 3 is 2.75 bits per heavy atom. The van der Waals surface area contributed by atoms with Gasteiger partial charge in [0, 0.05) is 6.21 Å². The van der Waals surface area contributed by atoms with Crippen LogP contribution in [0, 0.1) is 5.92 Å². The number of fused-ring (bicyclic) bond motifs is 1. The Labute approximate surface area is 90.6 Å². The molecule has 0 bridgehead atoms. The third-order valence-electron chi connectivity index (χ3n) is 2.56. The monoisotopic (exact) mass is 223 g/mol. The van der Waals surface area contributed by atoms with Crippen LogP contribution in [0.1, 0.15) is 0 Å². The number of aliphatic imine (C=N–C) groups is 1. The zero-order chi connectivity index (χ0) is 11.7. The van der Waals surface area contributed by atoms with Gasteiger partial charge in [0.1, 0.15) is 0 Å². The summed E-state index contributed by atoms with van der Waals surface area (Å²) in [5.74, 6) is -3.05. The molecule has 6 heteroatoms. The molecular formula is C10H9NO5. The number of rotatable bonds is 2. The van der Waals surface area contributed by atoms with Gasteiger partial charge in [0.15, 0.2) is 0 Å². The first-order chi connectivity index (χ1) is 7.61. The first-order valence-electron chi connectivity index (χ1n) is 4.63. The first-order valence-corrected chi connectivity index (χ1v) is 4.63. The molecule has 0 amide bonds. The lowest BCUT2D eigenvalue weighted by molar-refractivity contribution is -0.136. The highest BCUT2D eigenvalue weighted by molar-refractivity contribution is 6.15. The van der Waals surface area contributed by atoms with Gasteiger partial charge in [0.25, 0.3) is 0 Å². The van der Waals surface area contributed by atoms with E-state index in [9.17, 15) is 9.59 Å². The number of hydrogen-bond donors (Lipinski definition) is 2. The highest BCUT2D eigenvalue weighted by Gasteiger charge is 2.36. The van der Waals surface area contributed by atoms with Crippen LogP contribution in [0.2, 0.25) is 0 Å². The maximum Gasteiger partial charge on any atom is 0.337 e. The van der Waals surface area contributed by atoms with Gasteiger partial charge in [-0.3, -0.25) is 4.99 Å². The number of nitrogens with zero attached hydrogens (tertiary/aromatic N) is 1. The van der Waals surface area contributed by atoms with Crippen LogP contribution in [-0.2, 0) is 14.3 Å². The van der Waals surface area contributed by atoms with Crippen molar-refractivity contribution in [2.24, 2.45) is 10.9 Å². The molecule has 0 aromatic rings. The highest BCUT2D eigenvalue weighted by Crippen LogP contribution is 2.29. The standard InChI is InChI=1S/C10H9NO5/c12-9(13)5-3-11-7-1-2-16-4-6(7)8(5)10(14)15/h1-3,6-7H,4H2,(H,12,13)(H,14,15). The highest BCUT2D eigenvalue weighted by atomic mass is 16.5. The fourth-order valence-corrected chi connectivity index (χ4v) is 1.81. The van der Waals surface area contributed by atoms with Gasteiger partial charge in [-0.25, -0.2) is 9.59 Å². The summed E-state index contributed by atoms with van der Waals surface area (Å²) in [6.07, 6.45) is 4.17. The van der Waals surface area contributed by atoms with Crippen molar-refractivity contribution in [1.29, 1.82) is 0 Å². The lowest BCUT2D eigenvalue weighted by Crippen LogP contribution is -2.35. The Morgan fingerprint density at radius 2 is 2.12 bits per heavy atom. The minimum Gasteiger partial charge on any atom is -0.501 e. The number of hydrogen-bond acceptors (Lipinski definition) is 4. The molecule has 0 saturated carbocycles. The quantitative estimate of drug-likeness (QED) is 0.690. The van der Waals surface area contributed by atoms with Crippen LogP contribution < -0.4 is 0 Å². The molecule has 2 aliphatic rings. The normalized spacial score (nSPS) is 27.2. The zero-order valence-corrected chi connectivity index (χ0v) is 8.16. The molecule has 0 aliphatic carbocycles. The molecule has 6 nitrogen and oxygen atoms in total. The van der Waals surface area contributed by atoms with Gasteiger partial charge in [-0.05, 0) is 6.08 Å². The SMILES string of the molecule is O=C(O)C1=C(C(=O)O)C2COC=CC2N=C1. The molecule has 0 aromatic carbocycles. The molecule has 2 atom stereocenters. The van der Waals surface area contributed by atoms with Crippen molar-refractivity contribution in [3.05, 3.63) is 23.5 Å². The third-order valence-corrected chi connectivity index (χ3v) is 2.56. The molecular weight excluding hydrogens is 214 g/mol. The summed E-state index contributed by atoms with van der Waals surface area (Å²) in [5.41, 5.74) is -0.412. The Morgan fingerprint density at radius 1 is 1.38 bits per heavy atom. The molecule has 0 spiro atoms. The predicted octanol–water partition coefficient (Wildman–Crippen LogP) is 0.0653. The molecule has 16 heavy (non-hydrogen) atoms. The van der Waals surface area contributed by atoms with Gasteiger partial charge in [0.05, 0.1) is 36.0 Å². The van der Waals surface area contributed by atoms with E-state index in [-0.39, 0.29) is 23.8 Å². The molecule has 0 saturated heterocycles. The second-order valence-electron chi connectivity index (χ2n) is 3.47. The van der Waals surface area contributed by atoms with Gasteiger partial charge in [0.2, 0.25) is 0 Å². The second kappa shape index (κ2) is 3.80. The molecule has 2 N–H and O–H groups in total. The molecule has 2 heterocycles. The van der Waals surface area contributed by atoms with Gasteiger partial charge < -0.3 is 14.9 Å². The van der Waals surface area contributed by atoms with Gasteiger partial charge in [-0.1, -0.05) is 0 Å². The van der Waals surface area contributed by atoms with Crippen molar-refractivity contribution in [1.82, 2.24) is 0 Å². The van der Waals surface area contributed by atoms with Gasteiger partial charge in [-0.2, -0.15) is 0 Å². The third kappa shape index (κ3) is 1.58. The number of aliphatic carboxylic acids is 2. The van der Waals surface area contributed by atoms with E-state index < -0.39 is 17.9 Å². The van der Waals surface area contributed by atoms with Crippen molar-refractivity contribution in [3.8, 4) is 0 Å². The Hall–Kier alpha value is -2.11. The Kier molecular flexibility index (Phi) is 2.47. The summed E-state index contributed by atoms with van der Waals surface area (Å²) in [5, 5.41) is 17.9. The van der Waals surface area contributed by atoms with Crippen LogP contribution in [-0.4, -0.2) is 41.0 Å². The molecule has 2 aliphatic heterocycles. The second-order valence-corrected chi connectivity index (χ2v) is 3.47. The maximum absolute atomic E-state index is 11.1. The summed E-state index contributed by atoms with van der Waals surface area (Å²) in [7, 11) is 0. The minimum absolute atomic E-state index is 0.136. The molecule has 84 valence electrons. The van der Waals surface area contributed by atoms with Crippen molar-refractivity contribution in [2.75, 3.05) is 6.61 Å². The van der Waals surface area contributed by atoms with E-state index in [0.29, 0.717) is 0 Å². The fourth-order valence-electron chi connectivity index (χ4n) is 1.81. The van der Waals surface area contributed by atoms with Crippen LogP contribution in [0.25, 0.3) is 0 Å². The van der Waals surface area contributed by atoms with E-state index in [1.165, 1.54) is 6.26 Å². The average molecular weight is 223 g/mol. The number of dihydropyridines is 1. The molecule has 0 fully saturated rings. The van der Waals surface area contributed by atoms with E-state index in [4.69, 9.17) is 14.9 Å². The van der Waals surface area contributed by atoms with Gasteiger partial charge >= 0.3 is 11.9 Å². The minimum atomic E-state index is -1.28. The number of carbonyl (C=O) groups is 2. The fraction of sp³-hybridized carbons (Fsp3) is 0.300. The van der Waals surface area contributed by atoms with Crippen molar-refractivity contribution < 1.29 is 24.5 Å². The summed E-state index contributed by atoms with van der Waals surface area (Å²) in [4.78, 5) is 25.9. The largest absolute Gasteiger partial charge is 0.501 e. The van der Waals surface area contributed by atoms with E-state index in [1.807, 2.05) is 0 Å². The predicted molar refractivity (Wildman–Crippen MR) is 53.2 cm³/mol. The lowest BCUT2D eigenvalue weighted by Gasteiger charge is -2.28. The number of carboxylic acid groups (broad SMARTS) is 2. The molecule has 2 rings (SSSR count). The topological polar surface area (TPSA) is 96.2 Å². The summed E-state index contributed by atoms with van der Waals surface area (Å²) < 4.78 is 5.00. The maximum atomic E-state index is 11.1. The van der Waals surface area contributed by atoms with Crippen LogP contribution in [0.15, 0.2) is 28.5 Å². The zero-order valence-electron chi connectivity index (χ0n) is 8.16. The van der Waals surface area contributed by atoms with Crippen molar-refractivity contribution in [2.45, 2.75) is 6.04 Å². The number of ether oxygens (including phenoxy) is 1. The first kappa shape index (κ1) is 10.4. The molecule has 2 unspecified atom stereocenters. The Balaban J connectivity index is 2.48. The van der Waals surface area contributed by atoms with E-state index in [0.717, 1.165) is 6.21 Å². The van der Waals surface area contributed by atoms with Crippen LogP contribution in [0.3, 0.4) is 0 Å². The van der Waals surface area contributed by atoms with Crippen LogP contribution in [0.5, 0.6) is 0 Å². The summed E-state index contributed by atoms with van der Waals surface area (Å²) in [6.45, 7) is 0.136. The van der Waals surface area contributed by atoms with E-state index in [2.05, 4.69) is 4.99 Å². The van der Waals surface area contributed by atoms with E-state index in [1.54, 1.807) is 6.08 Å². The van der Waals surface area contributed by atoms with Crippen molar-refractivity contribution in [3.63, 3.8) is 0 Å². The summed E-state index contributed by atoms with van der Waals surface area (Å²) in [6, 6.07) is -0.344. The molecule has 0 aromatic heterocycles. The smallest absolute Gasteiger partial charge is 0.337 e. The average Bonchev–Trinajstić information content (AvgIpc) is 2.27. The van der Waals surface area contributed by atoms with Crippen molar-refractivity contribution >= 4 is 18.2 Å². The summed E-state index contributed by atoms with van der Waals surface area (Å²) >= 11 is 0. The molecule has 0 radical (unpaired) electrons. The lowest BCUT2D eigenvalue weighted by atomic mass is 9.85. The van der Waals surface area contributed by atoms with Gasteiger partial charge in [-0.15, -0.1) is 0 Å². The van der Waals surface area contributed by atoms with Crippen LogP contribution in [0.4, 0.5) is 0 Å².